The van der Waals surface area contributed by atoms with E-state index < -0.39 is 0 Å². The normalized spacial score (nSPS) is 18.1. The summed E-state index contributed by atoms with van der Waals surface area (Å²) in [6.07, 6.45) is 2.58. The lowest BCUT2D eigenvalue weighted by Crippen LogP contribution is -2.40. The molecule has 0 spiro atoms. The van der Waals surface area contributed by atoms with Gasteiger partial charge in [-0.15, -0.1) is 0 Å². The predicted octanol–water partition coefficient (Wildman–Crippen LogP) is -0.778. The Hall–Kier alpha value is -1.30. The number of rotatable bonds is 3. The minimum atomic E-state index is -0.250. The highest BCUT2D eigenvalue weighted by Crippen LogP contribution is 2.06. The van der Waals surface area contributed by atoms with Gasteiger partial charge in [-0.25, -0.2) is 0 Å². The molecule has 0 unspecified atom stereocenters. The zero-order valence-electron chi connectivity index (χ0n) is 9.24. The van der Waals surface area contributed by atoms with Gasteiger partial charge in [-0.2, -0.15) is 4.99 Å². The Labute approximate surface area is 90.4 Å². The molecule has 0 aromatic heterocycles. The molecule has 0 saturated carbocycles. The van der Waals surface area contributed by atoms with E-state index >= 15 is 0 Å². The highest BCUT2D eigenvalue weighted by molar-refractivity contribution is 5.91. The Morgan fingerprint density at radius 2 is 2.00 bits per heavy atom. The summed E-state index contributed by atoms with van der Waals surface area (Å²) in [5.74, 6) is 0.0576. The van der Waals surface area contributed by atoms with Crippen LogP contribution in [0.5, 0.6) is 0 Å². The second-order valence-electron chi connectivity index (χ2n) is 3.83. The molecule has 6 heteroatoms. The van der Waals surface area contributed by atoms with Crippen LogP contribution in [0.2, 0.25) is 0 Å². The first-order valence-electron chi connectivity index (χ1n) is 5.21. The first-order chi connectivity index (χ1) is 7.09. The number of guanidine groups is 2. The van der Waals surface area contributed by atoms with Crippen LogP contribution < -0.4 is 11.5 Å². The van der Waals surface area contributed by atoms with E-state index in [0.29, 0.717) is 5.96 Å². The molecular formula is C9H20N6. The van der Waals surface area contributed by atoms with Crippen LogP contribution in [0.3, 0.4) is 0 Å². The minimum absolute atomic E-state index is 0.250. The summed E-state index contributed by atoms with van der Waals surface area (Å²) in [5.41, 5.74) is 10.8. The summed E-state index contributed by atoms with van der Waals surface area (Å²) in [7, 11) is 1.86. The van der Waals surface area contributed by atoms with Crippen molar-refractivity contribution < 1.29 is 0 Å². The highest BCUT2D eigenvalue weighted by atomic mass is 15.3. The number of hydrogen-bond donors (Lipinski definition) is 3. The van der Waals surface area contributed by atoms with Gasteiger partial charge in [0, 0.05) is 20.1 Å². The zero-order chi connectivity index (χ0) is 11.3. The minimum Gasteiger partial charge on any atom is -0.369 e. The third kappa shape index (κ3) is 4.16. The second kappa shape index (κ2) is 5.55. The first-order valence-corrected chi connectivity index (χ1v) is 5.21. The summed E-state index contributed by atoms with van der Waals surface area (Å²) in [6, 6.07) is 0. The average molecular weight is 212 g/mol. The molecular weight excluding hydrogens is 192 g/mol. The molecule has 15 heavy (non-hydrogen) atoms. The third-order valence-corrected chi connectivity index (χ3v) is 2.58. The van der Waals surface area contributed by atoms with Gasteiger partial charge >= 0.3 is 0 Å². The number of hydrogen-bond acceptors (Lipinski definition) is 2. The van der Waals surface area contributed by atoms with Crippen molar-refractivity contribution in [3.63, 3.8) is 0 Å². The average Bonchev–Trinajstić information content (AvgIpc) is 2.65. The molecule has 0 aromatic rings. The maximum atomic E-state index is 6.99. The maximum absolute atomic E-state index is 6.99. The Morgan fingerprint density at radius 1 is 1.40 bits per heavy atom. The monoisotopic (exact) mass is 212 g/mol. The molecule has 0 aromatic carbocycles. The van der Waals surface area contributed by atoms with E-state index in [4.69, 9.17) is 16.9 Å². The van der Waals surface area contributed by atoms with Crippen molar-refractivity contribution in [2.45, 2.75) is 12.8 Å². The van der Waals surface area contributed by atoms with Crippen molar-refractivity contribution in [3.8, 4) is 0 Å². The molecule has 0 aliphatic carbocycles. The summed E-state index contributed by atoms with van der Waals surface area (Å²) in [4.78, 5) is 7.90. The number of likely N-dealkylation sites (N-methyl/N-ethyl adjacent to an activating group) is 1. The van der Waals surface area contributed by atoms with Crippen LogP contribution in [0.25, 0.3) is 0 Å². The Morgan fingerprint density at radius 3 is 2.53 bits per heavy atom. The first kappa shape index (κ1) is 11.8. The lowest BCUT2D eigenvalue weighted by Gasteiger charge is -2.21. The largest absolute Gasteiger partial charge is 0.369 e. The van der Waals surface area contributed by atoms with E-state index in [9.17, 15) is 0 Å². The summed E-state index contributed by atoms with van der Waals surface area (Å²) < 4.78 is 0. The number of nitrogens with two attached hydrogens (primary N) is 2. The fourth-order valence-electron chi connectivity index (χ4n) is 1.62. The molecule has 1 saturated heterocycles. The van der Waals surface area contributed by atoms with Gasteiger partial charge in [0.2, 0.25) is 5.96 Å². The Balaban J connectivity index is 2.28. The van der Waals surface area contributed by atoms with Crippen LogP contribution >= 0.6 is 0 Å². The molecule has 0 radical (unpaired) electrons. The van der Waals surface area contributed by atoms with Gasteiger partial charge in [-0.3, -0.25) is 5.41 Å². The second-order valence-corrected chi connectivity index (χ2v) is 3.83. The van der Waals surface area contributed by atoms with Gasteiger partial charge in [0.15, 0.2) is 5.96 Å². The number of nitrogens with zero attached hydrogens (tertiary/aromatic N) is 3. The van der Waals surface area contributed by atoms with Gasteiger partial charge in [0.1, 0.15) is 0 Å². The predicted molar refractivity (Wildman–Crippen MR) is 61.8 cm³/mol. The quantitative estimate of drug-likeness (QED) is 0.422. The van der Waals surface area contributed by atoms with Crippen molar-refractivity contribution >= 4 is 11.9 Å². The van der Waals surface area contributed by atoms with E-state index in [-0.39, 0.29) is 5.96 Å². The molecule has 6 nitrogen and oxygen atoms in total. The van der Waals surface area contributed by atoms with Crippen LogP contribution in [0, 0.1) is 5.41 Å². The summed E-state index contributed by atoms with van der Waals surface area (Å²) in [6.45, 7) is 4.17. The van der Waals surface area contributed by atoms with E-state index in [1.807, 2.05) is 11.9 Å². The molecule has 1 aliphatic rings. The van der Waals surface area contributed by atoms with Crippen molar-refractivity contribution in [3.05, 3.63) is 0 Å². The summed E-state index contributed by atoms with van der Waals surface area (Å²) >= 11 is 0. The molecule has 86 valence electrons. The fraction of sp³-hybridized carbons (Fsp3) is 0.778. The van der Waals surface area contributed by atoms with Crippen LogP contribution in [0.15, 0.2) is 4.99 Å². The molecule has 0 atom stereocenters. The van der Waals surface area contributed by atoms with E-state index in [2.05, 4.69) is 9.89 Å². The Bertz CT molecular complexity index is 243. The number of aliphatic imine (C=N–C) groups is 1. The number of nitrogens with one attached hydrogen (secondary N) is 1. The highest BCUT2D eigenvalue weighted by Gasteiger charge is 2.12. The van der Waals surface area contributed by atoms with Crippen LogP contribution in [-0.4, -0.2) is 54.9 Å². The molecule has 1 heterocycles. The van der Waals surface area contributed by atoms with Crippen molar-refractivity contribution in [2.75, 3.05) is 33.2 Å². The third-order valence-electron chi connectivity index (χ3n) is 2.58. The lowest BCUT2D eigenvalue weighted by molar-refractivity contribution is 0.307. The Kier molecular flexibility index (Phi) is 4.36. The fourth-order valence-corrected chi connectivity index (χ4v) is 1.62. The van der Waals surface area contributed by atoms with Gasteiger partial charge in [-0.1, -0.05) is 0 Å². The molecule has 0 bridgehead atoms. The lowest BCUT2D eigenvalue weighted by atomic mass is 10.4. The van der Waals surface area contributed by atoms with Crippen LogP contribution in [0.1, 0.15) is 12.8 Å². The SMILES string of the molecule is CN(CCN1CCCC1)/C(N)=N/C(=N)N. The molecule has 1 fully saturated rings. The van der Waals surface area contributed by atoms with Gasteiger partial charge in [-0.05, 0) is 25.9 Å². The van der Waals surface area contributed by atoms with Gasteiger partial charge in [0.05, 0.1) is 0 Å². The zero-order valence-corrected chi connectivity index (χ0v) is 9.24. The van der Waals surface area contributed by atoms with Crippen LogP contribution in [0.4, 0.5) is 0 Å². The van der Waals surface area contributed by atoms with Gasteiger partial charge in [0.25, 0.3) is 0 Å². The van der Waals surface area contributed by atoms with E-state index in [1.54, 1.807) is 0 Å². The van der Waals surface area contributed by atoms with Crippen LogP contribution in [-0.2, 0) is 0 Å². The summed E-state index contributed by atoms with van der Waals surface area (Å²) in [5, 5.41) is 6.99. The standard InChI is InChI=1S/C9H20N6/c1-14(9(12)13-8(10)11)6-7-15-4-2-3-5-15/h2-7H2,1H3,(H5,10,11,12,13). The maximum Gasteiger partial charge on any atom is 0.215 e. The van der Waals surface area contributed by atoms with E-state index in [1.165, 1.54) is 25.9 Å². The molecule has 5 N–H and O–H groups in total. The van der Waals surface area contributed by atoms with Crippen molar-refractivity contribution in [1.82, 2.24) is 9.80 Å². The number of likely N-dealkylation sites (tertiary alicyclic amines) is 1. The molecule has 0 amide bonds. The topological polar surface area (TPSA) is 94.7 Å². The molecule has 1 rings (SSSR count). The molecule has 1 aliphatic heterocycles. The van der Waals surface area contributed by atoms with E-state index in [0.717, 1.165) is 13.1 Å². The van der Waals surface area contributed by atoms with Gasteiger partial charge < -0.3 is 21.3 Å². The smallest absolute Gasteiger partial charge is 0.215 e. The van der Waals surface area contributed by atoms with Crippen molar-refractivity contribution in [1.29, 1.82) is 5.41 Å². The van der Waals surface area contributed by atoms with Crippen molar-refractivity contribution in [2.24, 2.45) is 16.5 Å².